The predicted octanol–water partition coefficient (Wildman–Crippen LogP) is 3.99. The van der Waals surface area contributed by atoms with Crippen LogP contribution in [-0.2, 0) is 0 Å². The van der Waals surface area contributed by atoms with E-state index in [4.69, 9.17) is 23.2 Å². The molecular weight excluding hydrogens is 205 g/mol. The van der Waals surface area contributed by atoms with E-state index in [-0.39, 0.29) is 11.3 Å². The van der Waals surface area contributed by atoms with Gasteiger partial charge in [0.1, 0.15) is 0 Å². The van der Waals surface area contributed by atoms with Crippen molar-refractivity contribution < 1.29 is 8.78 Å². The van der Waals surface area contributed by atoms with E-state index in [1.807, 2.05) is 13.8 Å². The Bertz CT molecular complexity index is 216. The van der Waals surface area contributed by atoms with Crippen molar-refractivity contribution in [3.63, 3.8) is 0 Å². The molecule has 0 heterocycles. The van der Waals surface area contributed by atoms with Gasteiger partial charge < -0.3 is 0 Å². The van der Waals surface area contributed by atoms with Crippen LogP contribution in [0.25, 0.3) is 0 Å². The van der Waals surface area contributed by atoms with Gasteiger partial charge in [0.25, 0.3) is 0 Å². The van der Waals surface area contributed by atoms with Gasteiger partial charge in [-0.05, 0) is 29.4 Å². The maximum atomic E-state index is 12.3. The lowest BCUT2D eigenvalue weighted by atomic mass is 10.1. The number of alkyl halides is 3. The van der Waals surface area contributed by atoms with Gasteiger partial charge in [0.15, 0.2) is 0 Å². The first-order chi connectivity index (χ1) is 5.23. The van der Waals surface area contributed by atoms with Crippen molar-refractivity contribution in [1.29, 1.82) is 0 Å². The second-order valence-electron chi connectivity index (χ2n) is 3.81. The molecule has 0 bridgehead atoms. The first kappa shape index (κ1) is 10.3. The van der Waals surface area contributed by atoms with Crippen LogP contribution in [0, 0.1) is 11.3 Å². The molecule has 0 N–H and O–H groups in total. The molecule has 1 rings (SSSR count). The summed E-state index contributed by atoms with van der Waals surface area (Å²) in [6, 6.07) is 0. The van der Waals surface area contributed by atoms with E-state index >= 15 is 0 Å². The molecule has 0 spiro atoms. The summed E-state index contributed by atoms with van der Waals surface area (Å²) in [7, 11) is 0. The van der Waals surface area contributed by atoms with Crippen molar-refractivity contribution >= 4 is 23.2 Å². The number of halogens is 4. The Morgan fingerprint density at radius 2 is 2.00 bits per heavy atom. The monoisotopic (exact) mass is 214 g/mol. The lowest BCUT2D eigenvalue weighted by molar-refractivity contribution is 0.147. The lowest BCUT2D eigenvalue weighted by Gasteiger charge is -2.05. The highest BCUT2D eigenvalue weighted by atomic mass is 35.5. The largest absolute Gasteiger partial charge is 0.358 e. The zero-order valence-electron chi connectivity index (χ0n) is 6.87. The maximum Gasteiger partial charge on any atom is 0.358 e. The third-order valence-corrected chi connectivity index (χ3v) is 2.87. The average molecular weight is 215 g/mol. The number of hydrogen-bond donors (Lipinski definition) is 0. The summed E-state index contributed by atoms with van der Waals surface area (Å²) in [6.45, 7) is 4.01. The molecule has 1 unspecified atom stereocenters. The van der Waals surface area contributed by atoms with Crippen molar-refractivity contribution in [1.82, 2.24) is 0 Å². The molecule has 12 heavy (non-hydrogen) atoms. The van der Waals surface area contributed by atoms with E-state index in [9.17, 15) is 8.78 Å². The van der Waals surface area contributed by atoms with Crippen molar-refractivity contribution in [3.05, 3.63) is 11.1 Å². The normalized spacial score (nSPS) is 28.8. The van der Waals surface area contributed by atoms with Crippen molar-refractivity contribution in [3.8, 4) is 0 Å². The molecule has 1 saturated carbocycles. The Morgan fingerprint density at radius 3 is 2.25 bits per heavy atom. The molecule has 1 aliphatic carbocycles. The molecule has 0 amide bonds. The third-order valence-electron chi connectivity index (χ3n) is 2.21. The summed E-state index contributed by atoms with van der Waals surface area (Å²) >= 11 is 10.0. The quantitative estimate of drug-likeness (QED) is 0.611. The van der Waals surface area contributed by atoms with Crippen LogP contribution in [0.1, 0.15) is 20.3 Å². The summed E-state index contributed by atoms with van der Waals surface area (Å²) in [5.41, 5.74) is 0.113. The molecule has 0 radical (unpaired) electrons. The van der Waals surface area contributed by atoms with Gasteiger partial charge >= 0.3 is 5.38 Å². The number of rotatable bonds is 2. The highest BCUT2D eigenvalue weighted by molar-refractivity contribution is 6.38. The van der Waals surface area contributed by atoms with Gasteiger partial charge in [0.2, 0.25) is 0 Å². The highest BCUT2D eigenvalue weighted by Crippen LogP contribution is 2.54. The zero-order valence-corrected chi connectivity index (χ0v) is 8.39. The molecule has 4 heteroatoms. The fourth-order valence-electron chi connectivity index (χ4n) is 1.06. The molecule has 70 valence electrons. The van der Waals surface area contributed by atoms with Crippen LogP contribution in [0.2, 0.25) is 0 Å². The average Bonchev–Trinajstić information content (AvgIpc) is 2.36. The molecule has 1 aliphatic rings. The number of hydrogen-bond acceptors (Lipinski definition) is 0. The second-order valence-corrected chi connectivity index (χ2v) is 4.69. The van der Waals surface area contributed by atoms with Crippen LogP contribution in [0.5, 0.6) is 0 Å². The fourth-order valence-corrected chi connectivity index (χ4v) is 1.28. The topological polar surface area (TPSA) is 0 Å². The Kier molecular flexibility index (Phi) is 2.43. The molecule has 0 saturated heterocycles. The van der Waals surface area contributed by atoms with Gasteiger partial charge in [0, 0.05) is 0 Å². The van der Waals surface area contributed by atoms with Crippen molar-refractivity contribution in [2.75, 3.05) is 0 Å². The van der Waals surface area contributed by atoms with Crippen molar-refractivity contribution in [2.24, 2.45) is 11.3 Å². The van der Waals surface area contributed by atoms with E-state index in [1.54, 1.807) is 0 Å². The SMILES string of the molecule is CC1(C)CC1/C=C(\Cl)C(F)(F)Cl. The van der Waals surface area contributed by atoms with Gasteiger partial charge in [-0.2, -0.15) is 8.78 Å². The maximum absolute atomic E-state index is 12.3. The van der Waals surface area contributed by atoms with E-state index in [2.05, 4.69) is 0 Å². The van der Waals surface area contributed by atoms with E-state index in [1.165, 1.54) is 6.08 Å². The molecule has 1 fully saturated rings. The van der Waals surface area contributed by atoms with Gasteiger partial charge in [-0.1, -0.05) is 31.5 Å². The van der Waals surface area contributed by atoms with Gasteiger partial charge in [-0.3, -0.25) is 0 Å². The van der Waals surface area contributed by atoms with Crippen LogP contribution in [-0.4, -0.2) is 5.38 Å². The molecule has 0 aromatic heterocycles. The van der Waals surface area contributed by atoms with Gasteiger partial charge in [-0.25, -0.2) is 0 Å². The van der Waals surface area contributed by atoms with Crippen molar-refractivity contribution in [2.45, 2.75) is 25.7 Å². The van der Waals surface area contributed by atoms with Gasteiger partial charge in [-0.15, -0.1) is 0 Å². The molecule has 0 aromatic carbocycles. The molecular formula is C8H10Cl2F2. The molecule has 0 aromatic rings. The first-order valence-corrected chi connectivity index (χ1v) is 4.43. The molecule has 1 atom stereocenters. The Balaban J connectivity index is 2.60. The standard InChI is InChI=1S/C8H10Cl2F2/c1-7(2)4-5(7)3-6(9)8(10,11)12/h3,5H,4H2,1-2H3/b6-3-. The van der Waals surface area contributed by atoms with E-state index in [0.29, 0.717) is 0 Å². The molecule has 0 nitrogen and oxygen atoms in total. The second kappa shape index (κ2) is 2.85. The Morgan fingerprint density at radius 1 is 1.58 bits per heavy atom. The summed E-state index contributed by atoms with van der Waals surface area (Å²) in [5.74, 6) is 0.148. The summed E-state index contributed by atoms with van der Waals surface area (Å²) in [6.07, 6.45) is 2.25. The first-order valence-electron chi connectivity index (χ1n) is 3.68. The van der Waals surface area contributed by atoms with Crippen LogP contribution in [0.15, 0.2) is 11.1 Å². The van der Waals surface area contributed by atoms with Crippen LogP contribution in [0.4, 0.5) is 8.78 Å². The minimum atomic E-state index is -3.40. The van der Waals surface area contributed by atoms with Gasteiger partial charge in [0.05, 0.1) is 5.03 Å². The lowest BCUT2D eigenvalue weighted by Crippen LogP contribution is -2.05. The smallest absolute Gasteiger partial charge is 0.182 e. The minimum absolute atomic E-state index is 0.113. The van der Waals surface area contributed by atoms with Crippen LogP contribution in [0.3, 0.4) is 0 Å². The zero-order chi connectivity index (χ0) is 9.57. The molecule has 0 aliphatic heterocycles. The minimum Gasteiger partial charge on any atom is -0.182 e. The van der Waals surface area contributed by atoms with Crippen LogP contribution >= 0.6 is 23.2 Å². The predicted molar refractivity (Wildman–Crippen MR) is 46.6 cm³/mol. The third kappa shape index (κ3) is 2.33. The van der Waals surface area contributed by atoms with E-state index < -0.39 is 10.4 Å². The fraction of sp³-hybridized carbons (Fsp3) is 0.750. The Labute approximate surface area is 80.5 Å². The summed E-state index contributed by atoms with van der Waals surface area (Å²) in [5, 5.41) is -3.96. The highest BCUT2D eigenvalue weighted by Gasteiger charge is 2.45. The Hall–Kier alpha value is 0.180. The summed E-state index contributed by atoms with van der Waals surface area (Å²) < 4.78 is 24.6. The van der Waals surface area contributed by atoms with E-state index in [0.717, 1.165) is 6.42 Å². The van der Waals surface area contributed by atoms with Crippen LogP contribution < -0.4 is 0 Å². The number of allylic oxidation sites excluding steroid dienone is 2. The summed E-state index contributed by atoms with van der Waals surface area (Å²) in [4.78, 5) is 0.